The number of thiazole rings is 1. The molecule has 3 saturated heterocycles. The Kier molecular flexibility index (Phi) is 6.52. The molecule has 200 valence electrons. The number of carbonyl (C=O) groups is 2. The predicted molar refractivity (Wildman–Crippen MR) is 146 cm³/mol. The molecule has 4 heterocycles. The van der Waals surface area contributed by atoms with Crippen molar-refractivity contribution in [1.29, 1.82) is 0 Å². The number of nitrogens with zero attached hydrogens (tertiary/aromatic N) is 4. The zero-order valence-corrected chi connectivity index (χ0v) is 22.9. The van der Waals surface area contributed by atoms with Crippen LogP contribution in [0.1, 0.15) is 39.2 Å². The van der Waals surface area contributed by atoms with E-state index >= 15 is 0 Å². The normalized spacial score (nSPS) is 22.0. The molecule has 0 unspecified atom stereocenters. The Labute approximate surface area is 227 Å². The SMILES string of the molecule is CC(C)(C)OC(=O)N1CC(C(=O)N2[C@@H]3CC[C@@H]2CN(Cc2ccc(Oc4nc5ccccc5s4)cc2)C3)C1. The second-order valence-corrected chi connectivity index (χ2v) is 12.6. The first-order chi connectivity index (χ1) is 18.2. The van der Waals surface area contributed by atoms with Gasteiger partial charge in [0.15, 0.2) is 0 Å². The van der Waals surface area contributed by atoms with Crippen LogP contribution in [0.25, 0.3) is 10.2 Å². The van der Waals surface area contributed by atoms with E-state index in [0.717, 1.165) is 48.4 Å². The van der Waals surface area contributed by atoms with Gasteiger partial charge in [-0.2, -0.15) is 0 Å². The third-order valence-electron chi connectivity index (χ3n) is 7.50. The Morgan fingerprint density at radius 3 is 2.32 bits per heavy atom. The molecule has 38 heavy (non-hydrogen) atoms. The van der Waals surface area contributed by atoms with E-state index in [1.807, 2.05) is 57.2 Å². The summed E-state index contributed by atoms with van der Waals surface area (Å²) in [4.78, 5) is 36.3. The molecule has 2 bridgehead atoms. The van der Waals surface area contributed by atoms with Gasteiger partial charge in [0, 0.05) is 44.8 Å². The van der Waals surface area contributed by atoms with Gasteiger partial charge in [0.1, 0.15) is 11.4 Å². The Morgan fingerprint density at radius 2 is 1.66 bits per heavy atom. The van der Waals surface area contributed by atoms with Crippen molar-refractivity contribution in [3.05, 3.63) is 54.1 Å². The molecule has 3 aliphatic heterocycles. The highest BCUT2D eigenvalue weighted by Gasteiger charge is 2.47. The summed E-state index contributed by atoms with van der Waals surface area (Å²) in [6, 6.07) is 16.8. The zero-order valence-electron chi connectivity index (χ0n) is 22.1. The molecule has 0 spiro atoms. The topological polar surface area (TPSA) is 75.2 Å². The minimum Gasteiger partial charge on any atom is -0.444 e. The number of amides is 2. The third-order valence-corrected chi connectivity index (χ3v) is 8.42. The molecular weight excluding hydrogens is 500 g/mol. The maximum absolute atomic E-state index is 13.3. The number of piperazine rings is 1. The van der Waals surface area contributed by atoms with Gasteiger partial charge < -0.3 is 19.3 Å². The summed E-state index contributed by atoms with van der Waals surface area (Å²) in [7, 11) is 0. The number of likely N-dealkylation sites (tertiary alicyclic amines) is 2. The molecule has 0 aliphatic carbocycles. The Balaban J connectivity index is 1.01. The standard InChI is InChI=1S/C29H34N4O4S/c1-29(2,3)37-28(35)32-15-20(16-32)26(34)33-21-10-11-22(33)18-31(17-21)14-19-8-12-23(13-9-19)36-27-30-24-6-4-5-7-25(24)38-27/h4-9,12-13,20-22H,10-11,14-18H2,1-3H3/t21-,22-/m1/s1. The van der Waals surface area contributed by atoms with E-state index in [-0.39, 0.29) is 30.0 Å². The van der Waals surface area contributed by atoms with Crippen LogP contribution in [-0.4, -0.2) is 75.5 Å². The molecule has 0 saturated carbocycles. The Morgan fingerprint density at radius 1 is 0.974 bits per heavy atom. The highest BCUT2D eigenvalue weighted by Crippen LogP contribution is 2.35. The zero-order chi connectivity index (χ0) is 26.4. The van der Waals surface area contributed by atoms with Crippen molar-refractivity contribution in [2.45, 2.75) is 57.8 Å². The average molecular weight is 535 g/mol. The van der Waals surface area contributed by atoms with Crippen LogP contribution in [-0.2, 0) is 16.1 Å². The molecular formula is C29H34N4O4S. The summed E-state index contributed by atoms with van der Waals surface area (Å²) in [5, 5.41) is 0.650. The Bertz CT molecular complexity index is 1280. The number of aromatic nitrogens is 1. The van der Waals surface area contributed by atoms with Crippen molar-refractivity contribution in [1.82, 2.24) is 19.7 Å². The Hall–Kier alpha value is -3.17. The van der Waals surface area contributed by atoms with Gasteiger partial charge >= 0.3 is 6.09 Å². The lowest BCUT2D eigenvalue weighted by molar-refractivity contribution is -0.146. The second kappa shape index (κ2) is 9.85. The fraction of sp³-hybridized carbons (Fsp3) is 0.483. The van der Waals surface area contributed by atoms with Crippen molar-refractivity contribution >= 4 is 33.6 Å². The van der Waals surface area contributed by atoms with Gasteiger partial charge in [0.2, 0.25) is 5.91 Å². The van der Waals surface area contributed by atoms with E-state index in [0.29, 0.717) is 18.3 Å². The van der Waals surface area contributed by atoms with Crippen LogP contribution in [0.3, 0.4) is 0 Å². The number of rotatable bonds is 5. The molecule has 2 amide bonds. The van der Waals surface area contributed by atoms with E-state index < -0.39 is 5.60 Å². The third kappa shape index (κ3) is 5.22. The molecule has 2 aromatic carbocycles. The van der Waals surface area contributed by atoms with Crippen LogP contribution in [0, 0.1) is 5.92 Å². The molecule has 0 N–H and O–H groups in total. The summed E-state index contributed by atoms with van der Waals surface area (Å²) < 4.78 is 12.5. The van der Waals surface area contributed by atoms with Crippen molar-refractivity contribution < 1.29 is 19.1 Å². The van der Waals surface area contributed by atoms with E-state index in [1.165, 1.54) is 5.56 Å². The minimum absolute atomic E-state index is 0.111. The van der Waals surface area contributed by atoms with Crippen molar-refractivity contribution in [3.8, 4) is 10.9 Å². The van der Waals surface area contributed by atoms with Crippen LogP contribution in [0.4, 0.5) is 4.79 Å². The van der Waals surface area contributed by atoms with E-state index in [2.05, 4.69) is 26.9 Å². The molecule has 1 aromatic heterocycles. The van der Waals surface area contributed by atoms with E-state index in [9.17, 15) is 9.59 Å². The number of fused-ring (bicyclic) bond motifs is 3. The molecule has 9 heteroatoms. The van der Waals surface area contributed by atoms with Crippen molar-refractivity contribution in [2.24, 2.45) is 5.92 Å². The minimum atomic E-state index is -0.522. The van der Waals surface area contributed by atoms with Gasteiger partial charge in [-0.25, -0.2) is 9.78 Å². The number of para-hydroxylation sites is 1. The van der Waals surface area contributed by atoms with Crippen LogP contribution in [0.5, 0.6) is 10.9 Å². The maximum atomic E-state index is 13.3. The molecule has 6 rings (SSSR count). The van der Waals surface area contributed by atoms with E-state index in [1.54, 1.807) is 16.2 Å². The first-order valence-corrected chi connectivity index (χ1v) is 14.2. The van der Waals surface area contributed by atoms with Gasteiger partial charge in [0.25, 0.3) is 5.19 Å². The molecule has 0 radical (unpaired) electrons. The van der Waals surface area contributed by atoms with Crippen LogP contribution in [0.15, 0.2) is 48.5 Å². The number of hydrogen-bond acceptors (Lipinski definition) is 7. The van der Waals surface area contributed by atoms with Gasteiger partial charge in [0.05, 0.1) is 16.1 Å². The quantitative estimate of drug-likeness (QED) is 0.452. The van der Waals surface area contributed by atoms with Gasteiger partial charge in [-0.15, -0.1) is 0 Å². The highest BCUT2D eigenvalue weighted by atomic mass is 32.1. The number of ether oxygens (including phenoxy) is 2. The smallest absolute Gasteiger partial charge is 0.410 e. The summed E-state index contributed by atoms with van der Waals surface area (Å²) in [5.41, 5.74) is 1.66. The predicted octanol–water partition coefficient (Wildman–Crippen LogP) is 5.13. The van der Waals surface area contributed by atoms with E-state index in [4.69, 9.17) is 9.47 Å². The van der Waals surface area contributed by atoms with Crippen LogP contribution >= 0.6 is 11.3 Å². The van der Waals surface area contributed by atoms with Gasteiger partial charge in [-0.05, 0) is 63.4 Å². The van der Waals surface area contributed by atoms with Crippen molar-refractivity contribution in [2.75, 3.05) is 26.2 Å². The largest absolute Gasteiger partial charge is 0.444 e. The average Bonchev–Trinajstić information content (AvgIpc) is 3.35. The van der Waals surface area contributed by atoms with Crippen LogP contribution in [0.2, 0.25) is 0 Å². The summed E-state index contributed by atoms with van der Waals surface area (Å²) in [6.45, 7) is 9.11. The molecule has 3 aliphatic rings. The fourth-order valence-corrected chi connectivity index (χ4v) is 6.55. The second-order valence-electron chi connectivity index (χ2n) is 11.6. The summed E-state index contributed by atoms with van der Waals surface area (Å²) >= 11 is 1.55. The molecule has 3 aromatic rings. The summed E-state index contributed by atoms with van der Waals surface area (Å²) in [5.74, 6) is 0.873. The van der Waals surface area contributed by atoms with Gasteiger partial charge in [-0.3, -0.25) is 9.69 Å². The first kappa shape index (κ1) is 25.1. The lowest BCUT2D eigenvalue weighted by Crippen LogP contribution is -2.62. The number of benzene rings is 2. The lowest BCUT2D eigenvalue weighted by Gasteiger charge is -2.46. The number of carbonyl (C=O) groups excluding carboxylic acids is 2. The molecule has 2 atom stereocenters. The fourth-order valence-electron chi connectivity index (χ4n) is 5.72. The van der Waals surface area contributed by atoms with Crippen molar-refractivity contribution in [3.63, 3.8) is 0 Å². The van der Waals surface area contributed by atoms with Gasteiger partial charge in [-0.1, -0.05) is 35.6 Å². The molecule has 8 nitrogen and oxygen atoms in total. The first-order valence-electron chi connectivity index (χ1n) is 13.4. The maximum Gasteiger partial charge on any atom is 0.410 e. The summed E-state index contributed by atoms with van der Waals surface area (Å²) in [6.07, 6.45) is 1.76. The highest BCUT2D eigenvalue weighted by molar-refractivity contribution is 7.20. The molecule has 3 fully saturated rings. The van der Waals surface area contributed by atoms with Crippen LogP contribution < -0.4 is 4.74 Å². The monoisotopic (exact) mass is 534 g/mol. The number of hydrogen-bond donors (Lipinski definition) is 0. The lowest BCUT2D eigenvalue weighted by atomic mass is 9.97.